The van der Waals surface area contributed by atoms with E-state index in [9.17, 15) is 24.9 Å². The fourth-order valence-electron chi connectivity index (χ4n) is 2.00. The number of benzene rings is 2. The number of rotatable bonds is 4. The van der Waals surface area contributed by atoms with Gasteiger partial charge in [0.2, 0.25) is 0 Å². The molecule has 2 rings (SSSR count). The molecular formula is C15H12O8. The van der Waals surface area contributed by atoms with Crippen LogP contribution in [0.25, 0.3) is 0 Å². The number of phenolic OH excluding ortho intramolecular Hbond substituents is 2. The number of carboxylic acid groups (broad SMARTS) is 2. The number of aryl methyl sites for hydroxylation is 1. The normalized spacial score (nSPS) is 10.3. The molecule has 8 heteroatoms. The third-order valence-electron chi connectivity index (χ3n) is 2.94. The summed E-state index contributed by atoms with van der Waals surface area (Å²) in [5, 5.41) is 47.1. The van der Waals surface area contributed by atoms with Crippen LogP contribution in [-0.4, -0.2) is 37.5 Å². The maximum absolute atomic E-state index is 11.2. The summed E-state index contributed by atoms with van der Waals surface area (Å²) >= 11 is 0. The van der Waals surface area contributed by atoms with Crippen molar-refractivity contribution < 1.29 is 39.9 Å². The van der Waals surface area contributed by atoms with Crippen molar-refractivity contribution in [2.75, 3.05) is 0 Å². The number of ether oxygens (including phenoxy) is 1. The molecule has 5 N–H and O–H groups in total. The minimum Gasteiger partial charge on any atom is -0.508 e. The van der Waals surface area contributed by atoms with Crippen molar-refractivity contribution in [1.29, 1.82) is 0 Å². The fourth-order valence-corrected chi connectivity index (χ4v) is 2.00. The van der Waals surface area contributed by atoms with E-state index in [0.29, 0.717) is 5.56 Å². The summed E-state index contributed by atoms with van der Waals surface area (Å²) in [5.41, 5.74) is -0.697. The quantitative estimate of drug-likeness (QED) is 0.577. The lowest BCUT2D eigenvalue weighted by atomic mass is 10.1. The second-order valence-corrected chi connectivity index (χ2v) is 4.71. The van der Waals surface area contributed by atoms with Gasteiger partial charge >= 0.3 is 11.9 Å². The van der Waals surface area contributed by atoms with Gasteiger partial charge < -0.3 is 30.3 Å². The Kier molecular flexibility index (Phi) is 4.00. The Morgan fingerprint density at radius 3 is 2.13 bits per heavy atom. The average molecular weight is 320 g/mol. The Hall–Kier alpha value is -3.42. The highest BCUT2D eigenvalue weighted by Crippen LogP contribution is 2.40. The summed E-state index contributed by atoms with van der Waals surface area (Å²) in [7, 11) is 0. The number of carbonyl (C=O) groups is 2. The predicted octanol–water partition coefficient (Wildman–Crippen LogP) is 2.30. The van der Waals surface area contributed by atoms with Crippen molar-refractivity contribution in [3.05, 3.63) is 41.0 Å². The Morgan fingerprint density at radius 1 is 0.913 bits per heavy atom. The first-order valence-corrected chi connectivity index (χ1v) is 6.24. The van der Waals surface area contributed by atoms with Gasteiger partial charge in [0.05, 0.1) is 0 Å². The van der Waals surface area contributed by atoms with Crippen LogP contribution in [0.4, 0.5) is 0 Å². The number of aromatic carboxylic acids is 2. The summed E-state index contributed by atoms with van der Waals surface area (Å²) in [4.78, 5) is 22.4. The molecule has 0 radical (unpaired) electrons. The standard InChI is InChI=1S/C15H12O8/c1-6-2-9(17)12(15(21)22)11(3-6)23-13-8(14(19)20)4-7(16)5-10(13)18/h2-5,16-18H,1H3,(H,19,20)(H,21,22). The zero-order valence-electron chi connectivity index (χ0n) is 11.8. The zero-order valence-corrected chi connectivity index (χ0v) is 11.8. The lowest BCUT2D eigenvalue weighted by Gasteiger charge is -2.14. The van der Waals surface area contributed by atoms with Gasteiger partial charge in [-0.3, -0.25) is 0 Å². The van der Waals surface area contributed by atoms with Crippen LogP contribution in [0.1, 0.15) is 26.3 Å². The molecule has 0 aliphatic rings. The average Bonchev–Trinajstić information content (AvgIpc) is 2.39. The second-order valence-electron chi connectivity index (χ2n) is 4.71. The lowest BCUT2D eigenvalue weighted by Crippen LogP contribution is -2.04. The first kappa shape index (κ1) is 16.0. The van der Waals surface area contributed by atoms with Crippen LogP contribution in [0.2, 0.25) is 0 Å². The van der Waals surface area contributed by atoms with E-state index in [0.717, 1.165) is 12.1 Å². The van der Waals surface area contributed by atoms with Crippen molar-refractivity contribution in [2.24, 2.45) is 0 Å². The molecule has 0 aromatic heterocycles. The van der Waals surface area contributed by atoms with Gasteiger partial charge in [0, 0.05) is 6.07 Å². The predicted molar refractivity (Wildman–Crippen MR) is 76.6 cm³/mol. The van der Waals surface area contributed by atoms with Crippen LogP contribution < -0.4 is 4.74 Å². The first-order chi connectivity index (χ1) is 10.7. The molecule has 0 aliphatic heterocycles. The minimum absolute atomic E-state index is 0.349. The van der Waals surface area contributed by atoms with Gasteiger partial charge in [0.1, 0.15) is 28.4 Å². The molecule has 2 aromatic rings. The van der Waals surface area contributed by atoms with Gasteiger partial charge in [0.15, 0.2) is 11.5 Å². The van der Waals surface area contributed by atoms with Gasteiger partial charge in [-0.2, -0.15) is 0 Å². The zero-order chi connectivity index (χ0) is 17.3. The Labute approximate surface area is 129 Å². The van der Waals surface area contributed by atoms with Crippen molar-refractivity contribution >= 4 is 11.9 Å². The second kappa shape index (κ2) is 5.76. The highest BCUT2D eigenvalue weighted by Gasteiger charge is 2.23. The van der Waals surface area contributed by atoms with Gasteiger partial charge in [-0.25, -0.2) is 9.59 Å². The number of phenols is 3. The van der Waals surface area contributed by atoms with E-state index in [1.54, 1.807) is 6.92 Å². The van der Waals surface area contributed by atoms with E-state index in [-0.39, 0.29) is 5.75 Å². The SMILES string of the molecule is Cc1cc(O)c(C(=O)O)c(Oc2c(O)cc(O)cc2C(=O)O)c1. The summed E-state index contributed by atoms with van der Waals surface area (Å²) in [6.45, 7) is 1.56. The molecule has 8 nitrogen and oxygen atoms in total. The maximum Gasteiger partial charge on any atom is 0.343 e. The van der Waals surface area contributed by atoms with Gasteiger partial charge in [-0.15, -0.1) is 0 Å². The first-order valence-electron chi connectivity index (χ1n) is 6.24. The number of hydrogen-bond donors (Lipinski definition) is 5. The molecule has 0 unspecified atom stereocenters. The Balaban J connectivity index is 2.65. The van der Waals surface area contributed by atoms with Crippen LogP contribution in [0.3, 0.4) is 0 Å². The molecule has 0 bridgehead atoms. The van der Waals surface area contributed by atoms with E-state index < -0.39 is 46.1 Å². The van der Waals surface area contributed by atoms with Gasteiger partial charge in [-0.05, 0) is 30.7 Å². The van der Waals surface area contributed by atoms with Gasteiger partial charge in [0.25, 0.3) is 0 Å². The Bertz CT molecular complexity index is 810. The molecule has 120 valence electrons. The maximum atomic E-state index is 11.2. The summed E-state index contributed by atoms with van der Waals surface area (Å²) < 4.78 is 5.23. The molecule has 0 saturated carbocycles. The number of aromatic hydroxyl groups is 3. The monoisotopic (exact) mass is 320 g/mol. The van der Waals surface area contributed by atoms with E-state index >= 15 is 0 Å². The van der Waals surface area contributed by atoms with Crippen LogP contribution in [0.15, 0.2) is 24.3 Å². The van der Waals surface area contributed by atoms with E-state index in [1.165, 1.54) is 12.1 Å². The highest BCUT2D eigenvalue weighted by molar-refractivity contribution is 5.95. The summed E-state index contributed by atoms with van der Waals surface area (Å²) in [6.07, 6.45) is 0. The molecule has 0 amide bonds. The van der Waals surface area contributed by atoms with Crippen molar-refractivity contribution in [3.8, 4) is 28.7 Å². The van der Waals surface area contributed by atoms with E-state index in [1.807, 2.05) is 0 Å². The molecule has 0 spiro atoms. The van der Waals surface area contributed by atoms with Crippen LogP contribution in [0.5, 0.6) is 28.7 Å². The topological polar surface area (TPSA) is 145 Å². The smallest absolute Gasteiger partial charge is 0.343 e. The molecule has 0 atom stereocenters. The molecular weight excluding hydrogens is 308 g/mol. The van der Waals surface area contributed by atoms with Crippen LogP contribution in [0, 0.1) is 6.92 Å². The lowest BCUT2D eigenvalue weighted by molar-refractivity contribution is 0.0685. The molecule has 0 saturated heterocycles. The van der Waals surface area contributed by atoms with E-state index in [4.69, 9.17) is 14.9 Å². The molecule has 0 heterocycles. The molecule has 0 aliphatic carbocycles. The van der Waals surface area contributed by atoms with Crippen LogP contribution >= 0.6 is 0 Å². The van der Waals surface area contributed by atoms with Gasteiger partial charge in [-0.1, -0.05) is 0 Å². The molecule has 23 heavy (non-hydrogen) atoms. The third-order valence-corrected chi connectivity index (χ3v) is 2.94. The summed E-state index contributed by atoms with van der Waals surface area (Å²) in [6, 6.07) is 4.15. The molecule has 0 fully saturated rings. The number of carboxylic acids is 2. The highest BCUT2D eigenvalue weighted by atomic mass is 16.5. The molecule has 2 aromatic carbocycles. The Morgan fingerprint density at radius 2 is 1.57 bits per heavy atom. The summed E-state index contributed by atoms with van der Waals surface area (Å²) in [5.74, 6) is -5.66. The van der Waals surface area contributed by atoms with Crippen molar-refractivity contribution in [3.63, 3.8) is 0 Å². The fraction of sp³-hybridized carbons (Fsp3) is 0.0667. The largest absolute Gasteiger partial charge is 0.508 e. The van der Waals surface area contributed by atoms with Crippen molar-refractivity contribution in [1.82, 2.24) is 0 Å². The number of hydrogen-bond acceptors (Lipinski definition) is 6. The minimum atomic E-state index is -1.50. The third kappa shape index (κ3) is 3.10. The van der Waals surface area contributed by atoms with Crippen LogP contribution in [-0.2, 0) is 0 Å². The van der Waals surface area contributed by atoms with E-state index in [2.05, 4.69) is 0 Å². The van der Waals surface area contributed by atoms with Crippen molar-refractivity contribution in [2.45, 2.75) is 6.92 Å².